The van der Waals surface area contributed by atoms with Crippen LogP contribution in [0.25, 0.3) is 51.1 Å². The smallest absolute Gasteiger partial charge is 0.308 e. The Kier molecular flexibility index (Phi) is 37.1. The van der Waals surface area contributed by atoms with Crippen molar-refractivity contribution in [1.82, 2.24) is 79.6 Å². The van der Waals surface area contributed by atoms with Crippen molar-refractivity contribution in [1.29, 1.82) is 0 Å². The monoisotopic (exact) mass is 1920 g/mol. The highest BCUT2D eigenvalue weighted by Gasteiger charge is 2.33. The quantitative estimate of drug-likeness (QED) is 0.0285. The molecule has 738 valence electrons. The molecule has 1 N–H and O–H groups in total. The summed E-state index contributed by atoms with van der Waals surface area (Å²) in [6, 6.07) is 80.9. The number of aromatic nitrogens is 12. The molecule has 0 saturated heterocycles. The van der Waals surface area contributed by atoms with Crippen LogP contribution in [0.4, 0.5) is 0 Å². The van der Waals surface area contributed by atoms with Gasteiger partial charge in [0, 0.05) is 133 Å². The van der Waals surface area contributed by atoms with E-state index in [4.69, 9.17) is 37.9 Å². The number of phenols is 1. The van der Waals surface area contributed by atoms with Gasteiger partial charge in [-0.1, -0.05) is 172 Å². The number of amides is 4. The minimum atomic E-state index is -0.161. The van der Waals surface area contributed by atoms with E-state index in [0.717, 1.165) is 140 Å². The Labute approximate surface area is 828 Å². The molecule has 4 heterocycles. The second kappa shape index (κ2) is 51.0. The van der Waals surface area contributed by atoms with Crippen molar-refractivity contribution in [3.05, 3.63) is 323 Å². The fraction of sp³-hybridized carbons (Fsp3) is 0.315. The Balaban J connectivity index is 0.000000159. The van der Waals surface area contributed by atoms with Crippen molar-refractivity contribution in [2.45, 2.75) is 135 Å². The third-order valence-corrected chi connectivity index (χ3v) is 25.1. The molecule has 2 saturated carbocycles. The first-order valence-electron chi connectivity index (χ1n) is 47.3. The van der Waals surface area contributed by atoms with E-state index in [0.29, 0.717) is 106 Å². The number of carbonyl (C=O) groups is 6. The van der Waals surface area contributed by atoms with Crippen LogP contribution >= 0.6 is 0 Å². The molecule has 4 amide bonds. The minimum Gasteiger partial charge on any atom is -0.508 e. The first-order chi connectivity index (χ1) is 68.8. The molecule has 0 bridgehead atoms. The summed E-state index contributed by atoms with van der Waals surface area (Å²) in [5, 5.41) is 43.9. The van der Waals surface area contributed by atoms with Gasteiger partial charge < -0.3 is 62.6 Å². The summed E-state index contributed by atoms with van der Waals surface area (Å²) >= 11 is 0. The number of rotatable bonds is 35. The largest absolute Gasteiger partial charge is 0.508 e. The van der Waals surface area contributed by atoms with Crippen LogP contribution < -0.4 is 28.4 Å². The lowest BCUT2D eigenvalue weighted by molar-refractivity contribution is -0.148. The Hall–Kier alpha value is -16.1. The van der Waals surface area contributed by atoms with Gasteiger partial charge in [-0.2, -0.15) is 0 Å². The maximum absolute atomic E-state index is 13.6. The second-order valence-electron chi connectivity index (χ2n) is 35.1. The summed E-state index contributed by atoms with van der Waals surface area (Å²) in [7, 11) is 20.2. The molecular weight excluding hydrogens is 1800 g/mol. The van der Waals surface area contributed by atoms with E-state index in [1.54, 1.807) is 119 Å². The molecule has 4 aromatic heterocycles. The Morgan fingerprint density at radius 2 is 0.754 bits per heavy atom. The van der Waals surface area contributed by atoms with Gasteiger partial charge in [-0.05, 0) is 184 Å². The summed E-state index contributed by atoms with van der Waals surface area (Å²) < 4.78 is 50.8. The minimum absolute atomic E-state index is 0.000309. The summed E-state index contributed by atoms with van der Waals surface area (Å²) in [5.74, 6) is 3.80. The summed E-state index contributed by atoms with van der Waals surface area (Å²) in [5.41, 5.74) is 16.7. The molecule has 31 nitrogen and oxygen atoms in total. The third kappa shape index (κ3) is 28.6. The van der Waals surface area contributed by atoms with Crippen molar-refractivity contribution in [3.8, 4) is 85.3 Å². The number of hydrogen-bond acceptors (Lipinski definition) is 23. The third-order valence-electron chi connectivity index (χ3n) is 25.1. The Morgan fingerprint density at radius 1 is 0.387 bits per heavy atom. The van der Waals surface area contributed by atoms with E-state index in [1.807, 2.05) is 263 Å². The molecule has 0 spiro atoms. The van der Waals surface area contributed by atoms with Crippen molar-refractivity contribution < 1.29 is 71.8 Å². The van der Waals surface area contributed by atoms with Gasteiger partial charge in [-0.25, -0.2) is 14.0 Å². The highest BCUT2D eigenvalue weighted by atomic mass is 16.5. The molecule has 0 aliphatic heterocycles. The second-order valence-corrected chi connectivity index (χ2v) is 35.1. The van der Waals surface area contributed by atoms with E-state index in [1.165, 1.54) is 19.8 Å². The normalized spacial score (nSPS) is 14.2. The van der Waals surface area contributed by atoms with Crippen LogP contribution in [0.2, 0.25) is 0 Å². The molecule has 2 aliphatic carbocycles. The van der Waals surface area contributed by atoms with Crippen molar-refractivity contribution >= 4 is 41.6 Å². The number of carbonyl (C=O) groups excluding carboxylic acids is 6. The fourth-order valence-corrected chi connectivity index (χ4v) is 17.1. The topological polar surface area (TPSA) is 332 Å². The van der Waals surface area contributed by atoms with Crippen molar-refractivity contribution in [2.24, 2.45) is 40.0 Å². The maximum Gasteiger partial charge on any atom is 0.308 e. The molecular formula is C111H124N16O15. The van der Waals surface area contributed by atoms with Crippen LogP contribution in [0.5, 0.6) is 40.2 Å². The molecule has 10 aromatic carbocycles. The maximum atomic E-state index is 13.6. The number of aromatic hydroxyl groups is 1. The number of esters is 2. The van der Waals surface area contributed by atoms with Gasteiger partial charge in [0.1, 0.15) is 63.0 Å². The molecule has 31 heteroatoms. The van der Waals surface area contributed by atoms with Crippen LogP contribution in [-0.2, 0) is 125 Å². The number of likely N-dealkylation sites (N-methyl/N-ethyl adjacent to an activating group) is 1. The van der Waals surface area contributed by atoms with E-state index in [9.17, 15) is 33.9 Å². The van der Waals surface area contributed by atoms with Gasteiger partial charge >= 0.3 is 11.9 Å². The number of benzene rings is 10. The molecule has 0 radical (unpaired) electrons. The average Bonchev–Trinajstić information content (AvgIpc) is 1.73. The molecule has 0 unspecified atom stereocenters. The Bertz CT molecular complexity index is 6290. The lowest BCUT2D eigenvalue weighted by Crippen LogP contribution is -2.32. The van der Waals surface area contributed by atoms with Crippen LogP contribution in [-0.4, -0.2) is 189 Å². The lowest BCUT2D eigenvalue weighted by atomic mass is 9.87. The zero-order valence-corrected chi connectivity index (χ0v) is 82.8. The predicted octanol–water partition coefficient (Wildman–Crippen LogP) is 17.0. The zero-order chi connectivity index (χ0) is 101. The van der Waals surface area contributed by atoms with Gasteiger partial charge in [0.2, 0.25) is 23.6 Å². The van der Waals surface area contributed by atoms with Crippen molar-refractivity contribution in [2.75, 3.05) is 56.8 Å². The number of aryl methyl sites for hydroxylation is 5. The standard InChI is InChI=1S/C28H34N4O4.C28H32N4O4.C28H30N4O3.C27H28N4O4/c2*1-31(19-20-8-5-4-6-9-20)26(33)17-16-25-27(29-30-32(25)2)21-12-14-23(15-13-21)36-24-11-7-10-22(18-24)28(34)35-3;1-20-10-12-22(13-11-20)28-25(31(2)30-29-28)19-32(27(33)16-21-8-6-5-7-9-21)18-23-14-15-24(34-3)17-26(23)35-4;1-30-24(27(28-29-30)20-9-12-22(32)13-10-20)18-31(26(33)15-19-7-5-4-6-8-19)17-21-11-14-23(34-2)16-25(21)35-3/h4-6,8-9,12-15,22,24H,7,10-11,16-19H2,1-3H3;4-6,8-9,12-17,22,24H,7,10-11,18-19H2,1-3H3;5-15,17H,16,18-19H2,1-4H3;4-14,16,32H,15,17-18H2,1-3H3/b;17-16+;;/t2*22-,24-;;/m00../s1. The number of methoxy groups -OCH3 is 6. The molecule has 2 aliphatic rings. The first-order valence-corrected chi connectivity index (χ1v) is 47.3. The molecule has 16 rings (SSSR count). The van der Waals surface area contributed by atoms with Crippen LogP contribution in [0, 0.1) is 18.8 Å². The van der Waals surface area contributed by atoms with E-state index < -0.39 is 0 Å². The highest BCUT2D eigenvalue weighted by Crippen LogP contribution is 2.37. The number of nitrogens with zero attached hydrogens (tertiary/aromatic N) is 16. The van der Waals surface area contributed by atoms with E-state index >= 15 is 0 Å². The Morgan fingerprint density at radius 3 is 1.17 bits per heavy atom. The zero-order valence-electron chi connectivity index (χ0n) is 82.8. The van der Waals surface area contributed by atoms with Gasteiger partial charge in [0.05, 0.1) is 115 Å². The van der Waals surface area contributed by atoms with Crippen molar-refractivity contribution in [3.63, 3.8) is 0 Å². The SMILES string of the molecule is COC(=O)[C@H]1CCC[C@H](Oc2ccc(-c3nnn(C)c3/C=C/C(=O)N(C)Cc3ccccc3)cc2)C1.COC(=O)[C@H]1CCC[C@H](Oc2ccc(-c3nnn(C)c3CCC(=O)N(C)Cc3ccccc3)cc2)C1.COc1ccc(CN(Cc2c(-c3ccc(C)cc3)nnn2C)C(=O)Cc2ccccc2)c(OC)c1.COc1ccc(CN(Cc2c(-c3ccc(O)cc3)nnn2C)C(=O)Cc2ccccc2)c(OC)c1. The average molecular weight is 1920 g/mol. The van der Waals surface area contributed by atoms with Crippen LogP contribution in [0.3, 0.4) is 0 Å². The van der Waals surface area contributed by atoms with Crippen LogP contribution in [0.1, 0.15) is 120 Å². The highest BCUT2D eigenvalue weighted by molar-refractivity contribution is 5.92. The lowest BCUT2D eigenvalue weighted by Gasteiger charge is -2.28. The molecule has 142 heavy (non-hydrogen) atoms. The summed E-state index contributed by atoms with van der Waals surface area (Å²) in [6.07, 6.45) is 11.5. The number of hydrogen-bond donors (Lipinski definition) is 1. The first kappa shape index (κ1) is 103. The van der Waals surface area contributed by atoms with Gasteiger partial charge in [-0.3, -0.25) is 33.4 Å². The molecule has 4 atom stereocenters. The molecule has 14 aromatic rings. The van der Waals surface area contributed by atoms with Gasteiger partial charge in [-0.15, -0.1) is 20.4 Å². The summed E-state index contributed by atoms with van der Waals surface area (Å²) in [6.45, 7) is 4.51. The van der Waals surface area contributed by atoms with Gasteiger partial charge in [0.25, 0.3) is 0 Å². The van der Waals surface area contributed by atoms with E-state index in [-0.39, 0.29) is 71.8 Å². The van der Waals surface area contributed by atoms with Crippen LogP contribution in [0.15, 0.2) is 261 Å². The molecule has 2 fully saturated rings. The predicted molar refractivity (Wildman–Crippen MR) is 540 cm³/mol. The number of phenolic OH excluding ortho intramolecular Hbond substituents is 1. The van der Waals surface area contributed by atoms with Gasteiger partial charge in [0.15, 0.2) is 0 Å². The summed E-state index contributed by atoms with van der Waals surface area (Å²) in [4.78, 5) is 83.4. The number of ether oxygens (including phenoxy) is 8. The fourth-order valence-electron chi connectivity index (χ4n) is 17.1. The van der Waals surface area contributed by atoms with E-state index in [2.05, 4.69) is 41.2 Å².